The highest BCUT2D eigenvalue weighted by Gasteiger charge is 2.19. The number of nitrogens with zero attached hydrogens (tertiary/aromatic N) is 2. The molecule has 0 saturated carbocycles. The Morgan fingerprint density at radius 3 is 1.55 bits per heavy atom. The van der Waals surface area contributed by atoms with Crippen molar-refractivity contribution >= 4 is 0 Å². The molecule has 0 saturated heterocycles. The average molecular weight is 397 g/mol. The van der Waals surface area contributed by atoms with E-state index in [0.29, 0.717) is 0 Å². The van der Waals surface area contributed by atoms with Crippen molar-refractivity contribution in [2.24, 2.45) is 0 Å². The van der Waals surface area contributed by atoms with Gasteiger partial charge in [0.15, 0.2) is 0 Å². The average Bonchev–Trinajstić information content (AvgIpc) is 2.75. The fourth-order valence-electron chi connectivity index (χ4n) is 3.82. The second-order valence-electron chi connectivity index (χ2n) is 7.96. The first-order chi connectivity index (χ1) is 14.3. The van der Waals surface area contributed by atoms with E-state index in [0.717, 1.165) is 62.0 Å². The van der Waals surface area contributed by atoms with E-state index >= 15 is 0 Å². The number of aryl methyl sites for hydroxylation is 2. The zero-order valence-corrected chi connectivity index (χ0v) is 18.2. The third-order valence-corrected chi connectivity index (χ3v) is 5.53. The van der Waals surface area contributed by atoms with Gasteiger partial charge in [0, 0.05) is 23.3 Å². The fraction of sp³-hybridized carbons (Fsp3) is 0.600. The van der Waals surface area contributed by atoms with Gasteiger partial charge in [-0.1, -0.05) is 58.8 Å². The molecule has 1 aliphatic rings. The smallest absolute Gasteiger partial charge is 0.213 e. The van der Waals surface area contributed by atoms with Crippen molar-refractivity contribution in [1.29, 1.82) is 0 Å². The largest absolute Gasteiger partial charge is 0.478 e. The summed E-state index contributed by atoms with van der Waals surface area (Å²) in [5.74, 6) is 1.50. The quantitative estimate of drug-likeness (QED) is 0.360. The summed E-state index contributed by atoms with van der Waals surface area (Å²) >= 11 is 0. The number of unbranched alkanes of at least 4 members (excludes halogenated alkanes) is 7. The van der Waals surface area contributed by atoms with Crippen LogP contribution < -0.4 is 9.47 Å². The summed E-state index contributed by atoms with van der Waals surface area (Å²) in [7, 11) is 0. The Labute approximate surface area is 176 Å². The Balaban J connectivity index is 1.55. The molecule has 0 aromatic carbocycles. The van der Waals surface area contributed by atoms with Crippen LogP contribution in [-0.4, -0.2) is 23.2 Å². The molecule has 2 aromatic rings. The molecule has 2 heterocycles. The van der Waals surface area contributed by atoms with Crippen molar-refractivity contribution in [2.45, 2.75) is 84.5 Å². The van der Waals surface area contributed by atoms with Crippen LogP contribution in [0.2, 0.25) is 0 Å². The van der Waals surface area contributed by atoms with Gasteiger partial charge >= 0.3 is 0 Å². The summed E-state index contributed by atoms with van der Waals surface area (Å²) in [4.78, 5) is 9.52. The van der Waals surface area contributed by atoms with Crippen LogP contribution in [0.25, 0.3) is 11.1 Å². The minimum absolute atomic E-state index is 0.750. The lowest BCUT2D eigenvalue weighted by Gasteiger charge is -2.19. The van der Waals surface area contributed by atoms with E-state index in [9.17, 15) is 0 Å². The zero-order chi connectivity index (χ0) is 20.3. The van der Waals surface area contributed by atoms with E-state index < -0.39 is 0 Å². The normalized spacial score (nSPS) is 12.3. The SMILES string of the molecule is CCCCCCCOc1ccc2c(n1)CCc1nc(OCCCCCC)ccc1-2. The van der Waals surface area contributed by atoms with Gasteiger partial charge in [0.25, 0.3) is 0 Å². The summed E-state index contributed by atoms with van der Waals surface area (Å²) in [5, 5.41) is 0. The van der Waals surface area contributed by atoms with Crippen molar-refractivity contribution in [3.8, 4) is 22.9 Å². The highest BCUT2D eigenvalue weighted by atomic mass is 16.5. The molecule has 0 fully saturated rings. The number of rotatable bonds is 13. The molecule has 0 N–H and O–H groups in total. The summed E-state index contributed by atoms with van der Waals surface area (Å²) in [5.41, 5.74) is 4.61. The van der Waals surface area contributed by atoms with Crippen molar-refractivity contribution in [1.82, 2.24) is 9.97 Å². The van der Waals surface area contributed by atoms with E-state index in [1.807, 2.05) is 12.1 Å². The molecule has 3 rings (SSSR count). The van der Waals surface area contributed by atoms with Crippen LogP contribution in [0.3, 0.4) is 0 Å². The maximum atomic E-state index is 5.88. The van der Waals surface area contributed by atoms with Gasteiger partial charge < -0.3 is 9.47 Å². The predicted octanol–water partition coefficient (Wildman–Crippen LogP) is 6.55. The number of hydrogen-bond acceptors (Lipinski definition) is 4. The van der Waals surface area contributed by atoms with Crippen molar-refractivity contribution < 1.29 is 9.47 Å². The molecular weight excluding hydrogens is 360 g/mol. The van der Waals surface area contributed by atoms with Gasteiger partial charge in [-0.3, -0.25) is 0 Å². The first kappa shape index (κ1) is 21.6. The van der Waals surface area contributed by atoms with Crippen LogP contribution in [0.5, 0.6) is 11.8 Å². The lowest BCUT2D eigenvalue weighted by atomic mass is 9.92. The highest BCUT2D eigenvalue weighted by molar-refractivity contribution is 5.71. The Hall–Kier alpha value is -2.10. The minimum atomic E-state index is 0.750. The maximum Gasteiger partial charge on any atom is 0.213 e. The van der Waals surface area contributed by atoms with Crippen molar-refractivity contribution in [3.05, 3.63) is 35.7 Å². The summed E-state index contributed by atoms with van der Waals surface area (Å²) in [6, 6.07) is 8.27. The minimum Gasteiger partial charge on any atom is -0.478 e. The molecule has 1 aliphatic carbocycles. The third kappa shape index (κ3) is 6.45. The van der Waals surface area contributed by atoms with Crippen molar-refractivity contribution in [2.75, 3.05) is 13.2 Å². The first-order valence-electron chi connectivity index (χ1n) is 11.6. The molecule has 4 nitrogen and oxygen atoms in total. The Kier molecular flexibility index (Phi) is 8.79. The van der Waals surface area contributed by atoms with Gasteiger partial charge in [0.1, 0.15) is 0 Å². The van der Waals surface area contributed by atoms with Crippen LogP contribution >= 0.6 is 0 Å². The van der Waals surface area contributed by atoms with Crippen LogP contribution in [-0.2, 0) is 12.8 Å². The van der Waals surface area contributed by atoms with E-state index in [-0.39, 0.29) is 0 Å². The number of aromatic nitrogens is 2. The van der Waals surface area contributed by atoms with Gasteiger partial charge in [-0.05, 0) is 37.8 Å². The van der Waals surface area contributed by atoms with E-state index in [2.05, 4.69) is 26.0 Å². The van der Waals surface area contributed by atoms with Crippen LogP contribution in [0.1, 0.15) is 83.0 Å². The highest BCUT2D eigenvalue weighted by Crippen LogP contribution is 2.34. The predicted molar refractivity (Wildman–Crippen MR) is 119 cm³/mol. The van der Waals surface area contributed by atoms with E-state index in [1.165, 1.54) is 56.1 Å². The molecule has 0 amide bonds. The van der Waals surface area contributed by atoms with Gasteiger partial charge in [0.2, 0.25) is 11.8 Å². The molecular formula is C25H36N2O2. The fourth-order valence-corrected chi connectivity index (χ4v) is 3.82. The number of pyridine rings is 2. The lowest BCUT2D eigenvalue weighted by Crippen LogP contribution is -2.10. The van der Waals surface area contributed by atoms with E-state index in [1.54, 1.807) is 0 Å². The topological polar surface area (TPSA) is 44.2 Å². The molecule has 29 heavy (non-hydrogen) atoms. The van der Waals surface area contributed by atoms with Gasteiger partial charge in [-0.2, -0.15) is 0 Å². The molecule has 0 radical (unpaired) electrons. The Morgan fingerprint density at radius 1 is 0.621 bits per heavy atom. The number of fused-ring (bicyclic) bond motifs is 3. The van der Waals surface area contributed by atoms with Crippen LogP contribution in [0.4, 0.5) is 0 Å². The molecule has 2 aromatic heterocycles. The standard InChI is InChI=1S/C25H36N2O2/c1-3-5-7-9-11-19-29-25-17-13-21-20-12-16-24(28-18-10-8-6-4-2)26-22(20)14-15-23(21)27-25/h12-13,16-17H,3-11,14-15,18-19H2,1-2H3. The maximum absolute atomic E-state index is 5.88. The molecule has 0 bridgehead atoms. The molecule has 0 atom stereocenters. The van der Waals surface area contributed by atoms with Crippen molar-refractivity contribution in [3.63, 3.8) is 0 Å². The third-order valence-electron chi connectivity index (χ3n) is 5.53. The number of hydrogen-bond donors (Lipinski definition) is 0. The molecule has 0 spiro atoms. The Morgan fingerprint density at radius 2 is 1.07 bits per heavy atom. The molecule has 0 aliphatic heterocycles. The second kappa shape index (κ2) is 11.8. The first-order valence-corrected chi connectivity index (χ1v) is 11.6. The molecule has 4 heteroatoms. The summed E-state index contributed by atoms with van der Waals surface area (Å²) in [6.45, 7) is 5.97. The molecule has 158 valence electrons. The van der Waals surface area contributed by atoms with Gasteiger partial charge in [-0.25, -0.2) is 9.97 Å². The Bertz CT molecular complexity index is 760. The monoisotopic (exact) mass is 396 g/mol. The van der Waals surface area contributed by atoms with Gasteiger partial charge in [0.05, 0.1) is 24.6 Å². The molecule has 0 unspecified atom stereocenters. The van der Waals surface area contributed by atoms with E-state index in [4.69, 9.17) is 19.4 Å². The van der Waals surface area contributed by atoms with Gasteiger partial charge in [-0.15, -0.1) is 0 Å². The lowest BCUT2D eigenvalue weighted by molar-refractivity contribution is 0.292. The summed E-state index contributed by atoms with van der Waals surface area (Å²) in [6.07, 6.45) is 12.9. The number of ether oxygens (including phenoxy) is 2. The summed E-state index contributed by atoms with van der Waals surface area (Å²) < 4.78 is 11.7. The van der Waals surface area contributed by atoms with Crippen LogP contribution in [0, 0.1) is 0 Å². The zero-order valence-electron chi connectivity index (χ0n) is 18.2. The van der Waals surface area contributed by atoms with Crippen LogP contribution in [0.15, 0.2) is 24.3 Å². The second-order valence-corrected chi connectivity index (χ2v) is 7.96.